The van der Waals surface area contributed by atoms with Gasteiger partial charge in [-0.2, -0.15) is 4.58 Å². The average molecular weight is 656 g/mol. The Labute approximate surface area is 265 Å². The van der Waals surface area contributed by atoms with E-state index < -0.39 is 37.0 Å². The number of hydrogen-bond donors (Lipinski definition) is 1. The highest BCUT2D eigenvalue weighted by atomic mass is 32.2. The van der Waals surface area contributed by atoms with Crippen LogP contribution in [0.4, 0.5) is 11.4 Å². The summed E-state index contributed by atoms with van der Waals surface area (Å²) in [5, 5.41) is 8.97. The van der Waals surface area contributed by atoms with Crippen molar-refractivity contribution in [1.82, 2.24) is 0 Å². The van der Waals surface area contributed by atoms with E-state index in [-0.39, 0.29) is 16.2 Å². The Bertz CT molecular complexity index is 1850. The smallest absolute Gasteiger partial charge is 0.303 e. The first kappa shape index (κ1) is 34.3. The number of unbranched alkanes of at least 4 members (excludes halogenated alkanes) is 2. The van der Waals surface area contributed by atoms with Gasteiger partial charge in [0.25, 0.3) is 0 Å². The van der Waals surface area contributed by atoms with Crippen LogP contribution in [0.25, 0.3) is 0 Å². The molecule has 0 spiro atoms. The zero-order chi connectivity index (χ0) is 33.4. The summed E-state index contributed by atoms with van der Waals surface area (Å²) >= 11 is 0. The fourth-order valence-corrected chi connectivity index (χ4v) is 7.28. The van der Waals surface area contributed by atoms with Crippen molar-refractivity contribution in [2.45, 2.75) is 80.9 Å². The van der Waals surface area contributed by atoms with Crippen molar-refractivity contribution in [3.63, 3.8) is 0 Å². The normalized spacial score (nSPS) is 18.4. The molecule has 2 aromatic carbocycles. The lowest BCUT2D eigenvalue weighted by Gasteiger charge is -2.25. The first-order chi connectivity index (χ1) is 20.9. The number of anilines is 1. The highest BCUT2D eigenvalue weighted by Gasteiger charge is 2.44. The van der Waals surface area contributed by atoms with Crippen molar-refractivity contribution in [3.8, 4) is 0 Å². The van der Waals surface area contributed by atoms with E-state index in [0.717, 1.165) is 40.3 Å². The molecule has 45 heavy (non-hydrogen) atoms. The molecule has 0 aromatic heterocycles. The number of carboxylic acid groups (broad SMARTS) is 1. The summed E-state index contributed by atoms with van der Waals surface area (Å²) in [6.45, 7) is 11.1. The second-order valence-electron chi connectivity index (χ2n) is 12.3. The molecule has 0 aliphatic carbocycles. The van der Waals surface area contributed by atoms with Crippen molar-refractivity contribution in [2.24, 2.45) is 0 Å². The van der Waals surface area contributed by atoms with Crippen LogP contribution in [0.5, 0.6) is 0 Å². The zero-order valence-corrected chi connectivity index (χ0v) is 27.7. The van der Waals surface area contributed by atoms with Gasteiger partial charge < -0.3 is 19.1 Å². The van der Waals surface area contributed by atoms with Crippen LogP contribution in [0, 0.1) is 0 Å². The second kappa shape index (κ2) is 12.7. The van der Waals surface area contributed by atoms with Crippen LogP contribution in [-0.4, -0.2) is 60.4 Å². The molecule has 0 amide bonds. The third kappa shape index (κ3) is 6.99. The lowest BCUT2D eigenvalue weighted by Crippen LogP contribution is -2.28. The van der Waals surface area contributed by atoms with Gasteiger partial charge in [-0.3, -0.25) is 4.79 Å². The molecule has 0 unspecified atom stereocenters. The summed E-state index contributed by atoms with van der Waals surface area (Å²) in [7, 11) is -9.23. The number of nitrogens with zero attached hydrogens (tertiary/aromatic N) is 2. The van der Waals surface area contributed by atoms with Gasteiger partial charge >= 0.3 is 5.97 Å². The Morgan fingerprint density at radius 2 is 1.49 bits per heavy atom. The van der Waals surface area contributed by atoms with E-state index in [2.05, 4.69) is 9.48 Å². The van der Waals surface area contributed by atoms with E-state index in [4.69, 9.17) is 5.11 Å². The lowest BCUT2D eigenvalue weighted by atomic mass is 9.81. The molecule has 242 valence electrons. The van der Waals surface area contributed by atoms with Gasteiger partial charge in [0.2, 0.25) is 5.69 Å². The minimum Gasteiger partial charge on any atom is -0.744 e. The third-order valence-corrected chi connectivity index (χ3v) is 10.3. The maximum absolute atomic E-state index is 11.8. The van der Waals surface area contributed by atoms with Crippen LogP contribution < -0.4 is 4.90 Å². The number of aliphatic carboxylic acids is 1. The number of fused-ring (bicyclic) bond motifs is 2. The Morgan fingerprint density at radius 3 is 2.09 bits per heavy atom. The van der Waals surface area contributed by atoms with Crippen molar-refractivity contribution >= 4 is 43.3 Å². The molecule has 0 bridgehead atoms. The summed E-state index contributed by atoms with van der Waals surface area (Å²) < 4.78 is 72.5. The SMILES string of the molecule is CCN1/C(=C/C=C/C=C/C2=[N+](CCCCCC(=O)O)c3ccc(S(=O)(=O)[O-])cc3C2(C)C)C(C)(C)c2cc(S(=O)(=O)[O-])ccc21. The van der Waals surface area contributed by atoms with E-state index in [1.54, 1.807) is 12.1 Å². The van der Waals surface area contributed by atoms with E-state index >= 15 is 0 Å². The van der Waals surface area contributed by atoms with Gasteiger partial charge in [0.15, 0.2) is 5.71 Å². The number of carbonyl (C=O) groups is 1. The Hall–Kier alpha value is -3.58. The van der Waals surface area contributed by atoms with E-state index in [1.165, 1.54) is 24.3 Å². The van der Waals surface area contributed by atoms with Crippen molar-refractivity contribution < 1.29 is 40.4 Å². The molecule has 4 rings (SSSR count). The number of benzene rings is 2. The average Bonchev–Trinajstić information content (AvgIpc) is 3.29. The highest BCUT2D eigenvalue weighted by molar-refractivity contribution is 7.86. The van der Waals surface area contributed by atoms with Gasteiger partial charge in [-0.1, -0.05) is 32.1 Å². The largest absolute Gasteiger partial charge is 0.744 e. The van der Waals surface area contributed by atoms with Crippen molar-refractivity contribution in [2.75, 3.05) is 18.0 Å². The molecule has 12 heteroatoms. The molecule has 2 aliphatic rings. The molecule has 0 atom stereocenters. The predicted molar refractivity (Wildman–Crippen MR) is 170 cm³/mol. The molecule has 2 aromatic rings. The summed E-state index contributed by atoms with van der Waals surface area (Å²) in [5.74, 6) is -0.835. The molecule has 0 saturated carbocycles. The fourth-order valence-electron chi connectivity index (χ4n) is 6.28. The number of carboxylic acids is 1. The maximum Gasteiger partial charge on any atom is 0.303 e. The van der Waals surface area contributed by atoms with Crippen LogP contribution in [0.3, 0.4) is 0 Å². The van der Waals surface area contributed by atoms with Gasteiger partial charge in [-0.15, -0.1) is 0 Å². The number of rotatable bonds is 12. The topological polar surface area (TPSA) is 158 Å². The van der Waals surface area contributed by atoms with Gasteiger partial charge in [-0.25, -0.2) is 16.8 Å². The van der Waals surface area contributed by atoms with E-state index in [0.29, 0.717) is 25.9 Å². The molecule has 10 nitrogen and oxygen atoms in total. The standard InChI is InChI=1S/C33H40N2O8S2/c1-6-34-27-18-16-23(44(38,39)40)21-25(27)32(2,3)29(34)13-9-7-10-14-30-33(4,5)26-22-24(45(41,42)43)17-19-28(26)35(30)20-12-8-11-15-31(36)37/h7,9-10,13-14,16-19,21-22H,6,8,11-12,15,20H2,1-5H3,(H2-,36,37,38,39,40,41,42,43)/p-1. The van der Waals surface area contributed by atoms with Crippen LogP contribution >= 0.6 is 0 Å². The Balaban J connectivity index is 1.65. The molecule has 2 aliphatic heterocycles. The molecule has 0 radical (unpaired) electrons. The van der Waals surface area contributed by atoms with Crippen LogP contribution in [0.1, 0.15) is 71.4 Å². The minimum atomic E-state index is -4.64. The third-order valence-electron chi connectivity index (χ3n) is 8.62. The highest BCUT2D eigenvalue weighted by Crippen LogP contribution is 2.48. The lowest BCUT2D eigenvalue weighted by molar-refractivity contribution is -0.438. The van der Waals surface area contributed by atoms with E-state index in [1.807, 2.05) is 65.0 Å². The zero-order valence-electron chi connectivity index (χ0n) is 26.1. The molecule has 0 fully saturated rings. The van der Waals surface area contributed by atoms with Gasteiger partial charge in [-0.05, 0) is 75.6 Å². The first-order valence-electron chi connectivity index (χ1n) is 14.8. The monoisotopic (exact) mass is 655 g/mol. The van der Waals surface area contributed by atoms with Gasteiger partial charge in [0.05, 0.1) is 15.2 Å². The number of likely N-dealkylation sites (N-methyl/N-ethyl adjacent to an activating group) is 1. The first-order valence-corrected chi connectivity index (χ1v) is 17.6. The molecular weight excluding hydrogens is 617 g/mol. The summed E-state index contributed by atoms with van der Waals surface area (Å²) in [6, 6.07) is 8.89. The van der Waals surface area contributed by atoms with Crippen LogP contribution in [-0.2, 0) is 35.9 Å². The summed E-state index contributed by atoms with van der Waals surface area (Å²) in [6.07, 6.45) is 11.7. The number of hydrogen-bond acceptors (Lipinski definition) is 8. The molecule has 0 saturated heterocycles. The van der Waals surface area contributed by atoms with Gasteiger partial charge in [0, 0.05) is 53.9 Å². The Morgan fingerprint density at radius 1 is 0.867 bits per heavy atom. The molecule has 1 N–H and O–H groups in total. The summed E-state index contributed by atoms with van der Waals surface area (Å²) in [5.41, 5.74) is 3.82. The van der Waals surface area contributed by atoms with Crippen LogP contribution in [0.15, 0.2) is 82.3 Å². The second-order valence-corrected chi connectivity index (χ2v) is 15.1. The maximum atomic E-state index is 11.8. The van der Waals surface area contributed by atoms with Crippen molar-refractivity contribution in [3.05, 3.63) is 83.6 Å². The Kier molecular flexibility index (Phi) is 9.65. The predicted octanol–water partition coefficient (Wildman–Crippen LogP) is 5.33. The van der Waals surface area contributed by atoms with E-state index in [9.17, 15) is 30.7 Å². The number of allylic oxidation sites excluding steroid dienone is 6. The quantitative estimate of drug-likeness (QED) is 0.138. The van der Waals surface area contributed by atoms with Crippen LogP contribution in [0.2, 0.25) is 0 Å². The summed E-state index contributed by atoms with van der Waals surface area (Å²) in [4.78, 5) is 12.5. The fraction of sp³-hybridized carbons (Fsp3) is 0.394. The molecular formula is C33H39N2O8S2-. The minimum absolute atomic E-state index is 0.0971. The van der Waals surface area contributed by atoms with Crippen molar-refractivity contribution in [1.29, 1.82) is 0 Å². The molecule has 2 heterocycles. The van der Waals surface area contributed by atoms with Gasteiger partial charge in [0.1, 0.15) is 26.8 Å².